The van der Waals surface area contributed by atoms with Crippen molar-refractivity contribution in [1.29, 1.82) is 0 Å². The molecule has 1 N–H and O–H groups in total. The van der Waals surface area contributed by atoms with Crippen LogP contribution in [0.15, 0.2) is 42.5 Å². The Kier molecular flexibility index (Phi) is 4.12. The van der Waals surface area contributed by atoms with Gasteiger partial charge in [-0.1, -0.05) is 41.4 Å². The highest BCUT2D eigenvalue weighted by molar-refractivity contribution is 6.43. The van der Waals surface area contributed by atoms with Gasteiger partial charge in [0.25, 0.3) is 0 Å². The van der Waals surface area contributed by atoms with Gasteiger partial charge in [-0.25, -0.2) is 4.68 Å². The van der Waals surface area contributed by atoms with Gasteiger partial charge in [0.2, 0.25) is 0 Å². The summed E-state index contributed by atoms with van der Waals surface area (Å²) in [6, 6.07) is 10.3. The minimum absolute atomic E-state index is 0.337. The maximum Gasteiger partial charge on any atom is 0.416 e. The molecule has 0 saturated carbocycles. The van der Waals surface area contributed by atoms with E-state index in [4.69, 9.17) is 23.2 Å². The Hall–Kier alpha value is -2.18. The van der Waals surface area contributed by atoms with E-state index in [2.05, 4.69) is 10.4 Å². The monoisotopic (exact) mass is 397 g/mol. The fourth-order valence-corrected chi connectivity index (χ4v) is 3.46. The predicted octanol–water partition coefficient (Wildman–Crippen LogP) is 5.83. The molecule has 4 rings (SSSR count). The molecule has 3 nitrogen and oxygen atoms in total. The normalized spacial score (nSPS) is 13.6. The van der Waals surface area contributed by atoms with Crippen LogP contribution in [-0.2, 0) is 12.6 Å². The van der Waals surface area contributed by atoms with Crippen LogP contribution in [-0.4, -0.2) is 16.3 Å². The fourth-order valence-electron chi connectivity index (χ4n) is 3.08. The lowest BCUT2D eigenvalue weighted by molar-refractivity contribution is -0.137. The van der Waals surface area contributed by atoms with Crippen molar-refractivity contribution in [2.24, 2.45) is 0 Å². The zero-order chi connectivity index (χ0) is 18.5. The minimum atomic E-state index is -4.41. The van der Waals surface area contributed by atoms with Gasteiger partial charge in [0.1, 0.15) is 5.82 Å². The number of rotatable bonds is 2. The molecule has 8 heteroatoms. The zero-order valence-electron chi connectivity index (χ0n) is 13.2. The van der Waals surface area contributed by atoms with Crippen LogP contribution < -0.4 is 5.32 Å². The number of fused-ring (bicyclic) bond motifs is 1. The summed E-state index contributed by atoms with van der Waals surface area (Å²) in [6.45, 7) is 0.678. The second-order valence-corrected chi connectivity index (χ2v) is 6.70. The largest absolute Gasteiger partial charge is 0.416 e. The van der Waals surface area contributed by atoms with E-state index in [0.29, 0.717) is 40.0 Å². The number of halogens is 5. The van der Waals surface area contributed by atoms with Crippen LogP contribution in [0, 0.1) is 0 Å². The van der Waals surface area contributed by atoms with Gasteiger partial charge in [-0.3, -0.25) is 0 Å². The van der Waals surface area contributed by atoms with Crippen molar-refractivity contribution in [2.75, 3.05) is 11.9 Å². The summed E-state index contributed by atoms with van der Waals surface area (Å²) in [7, 11) is 0. The minimum Gasteiger partial charge on any atom is -0.369 e. The molecular weight excluding hydrogens is 386 g/mol. The van der Waals surface area contributed by atoms with E-state index < -0.39 is 11.7 Å². The van der Waals surface area contributed by atoms with Gasteiger partial charge >= 0.3 is 6.18 Å². The first-order chi connectivity index (χ1) is 12.4. The van der Waals surface area contributed by atoms with Crippen LogP contribution in [0.5, 0.6) is 0 Å². The van der Waals surface area contributed by atoms with Crippen molar-refractivity contribution in [3.63, 3.8) is 0 Å². The molecule has 0 spiro atoms. The van der Waals surface area contributed by atoms with Crippen molar-refractivity contribution >= 4 is 29.0 Å². The van der Waals surface area contributed by atoms with Crippen molar-refractivity contribution < 1.29 is 13.2 Å². The molecule has 1 aliphatic rings. The molecule has 0 bridgehead atoms. The number of anilines is 1. The van der Waals surface area contributed by atoms with Crippen LogP contribution in [0.1, 0.15) is 11.1 Å². The van der Waals surface area contributed by atoms with E-state index in [1.807, 2.05) is 0 Å². The highest BCUT2D eigenvalue weighted by atomic mass is 35.5. The first kappa shape index (κ1) is 17.2. The van der Waals surface area contributed by atoms with Crippen molar-refractivity contribution in [1.82, 2.24) is 9.78 Å². The van der Waals surface area contributed by atoms with E-state index in [-0.39, 0.29) is 0 Å². The maximum atomic E-state index is 13.1. The molecule has 0 aliphatic carbocycles. The van der Waals surface area contributed by atoms with Gasteiger partial charge in [-0.05, 0) is 30.7 Å². The molecule has 2 aromatic carbocycles. The summed E-state index contributed by atoms with van der Waals surface area (Å²) in [6.07, 6.45) is -3.74. The number of hydrogen-bond donors (Lipinski definition) is 1. The SMILES string of the molecule is FC(F)(F)c1cccc(-c2nn(-c3cccc(Cl)c3Cl)c3c2CCN3)c1. The topological polar surface area (TPSA) is 29.9 Å². The average Bonchev–Trinajstić information content (AvgIpc) is 3.19. The molecule has 0 amide bonds. The number of nitrogens with one attached hydrogen (secondary N) is 1. The summed E-state index contributed by atoms with van der Waals surface area (Å²) < 4.78 is 40.8. The molecular formula is C18H12Cl2F3N3. The third-order valence-electron chi connectivity index (χ3n) is 4.27. The molecule has 0 unspecified atom stereocenters. The smallest absolute Gasteiger partial charge is 0.369 e. The molecule has 134 valence electrons. The van der Waals surface area contributed by atoms with Gasteiger partial charge in [-0.15, -0.1) is 0 Å². The maximum absolute atomic E-state index is 13.1. The molecule has 2 heterocycles. The number of hydrogen-bond acceptors (Lipinski definition) is 2. The highest BCUT2D eigenvalue weighted by Gasteiger charge is 2.31. The Labute approximate surface area is 157 Å². The lowest BCUT2D eigenvalue weighted by atomic mass is 10.0. The highest BCUT2D eigenvalue weighted by Crippen LogP contribution is 2.39. The van der Waals surface area contributed by atoms with Gasteiger partial charge in [0.15, 0.2) is 0 Å². The van der Waals surface area contributed by atoms with Crippen LogP contribution in [0.3, 0.4) is 0 Å². The number of alkyl halides is 3. The zero-order valence-corrected chi connectivity index (χ0v) is 14.8. The Morgan fingerprint density at radius 2 is 1.85 bits per heavy atom. The molecule has 26 heavy (non-hydrogen) atoms. The van der Waals surface area contributed by atoms with Crippen LogP contribution >= 0.6 is 23.2 Å². The number of benzene rings is 2. The second-order valence-electron chi connectivity index (χ2n) is 5.92. The van der Waals surface area contributed by atoms with E-state index in [1.165, 1.54) is 6.07 Å². The first-order valence-electron chi connectivity index (χ1n) is 7.84. The van der Waals surface area contributed by atoms with E-state index in [9.17, 15) is 13.2 Å². The van der Waals surface area contributed by atoms with Gasteiger partial charge in [0.05, 0.1) is 27.0 Å². The third-order valence-corrected chi connectivity index (χ3v) is 5.08. The Morgan fingerprint density at radius 3 is 2.62 bits per heavy atom. The van der Waals surface area contributed by atoms with Crippen LogP contribution in [0.25, 0.3) is 16.9 Å². The van der Waals surface area contributed by atoms with E-state index in [1.54, 1.807) is 28.9 Å². The lowest BCUT2D eigenvalue weighted by Crippen LogP contribution is -2.06. The quantitative estimate of drug-likeness (QED) is 0.589. The predicted molar refractivity (Wildman–Crippen MR) is 96.2 cm³/mol. The van der Waals surface area contributed by atoms with Gasteiger partial charge in [0, 0.05) is 17.7 Å². The fraction of sp³-hybridized carbons (Fsp3) is 0.167. The average molecular weight is 398 g/mol. The first-order valence-corrected chi connectivity index (χ1v) is 8.59. The van der Waals surface area contributed by atoms with Gasteiger partial charge in [-0.2, -0.15) is 18.3 Å². The van der Waals surface area contributed by atoms with Gasteiger partial charge < -0.3 is 5.32 Å². The molecule has 0 fully saturated rings. The van der Waals surface area contributed by atoms with E-state index in [0.717, 1.165) is 23.5 Å². The summed E-state index contributed by atoms with van der Waals surface area (Å²) in [5, 5.41) is 8.48. The summed E-state index contributed by atoms with van der Waals surface area (Å²) in [5.74, 6) is 0.724. The van der Waals surface area contributed by atoms with Crippen LogP contribution in [0.4, 0.5) is 19.0 Å². The molecule has 0 atom stereocenters. The molecule has 0 radical (unpaired) electrons. The summed E-state index contributed by atoms with van der Waals surface area (Å²) in [5.41, 5.74) is 1.65. The van der Waals surface area contributed by atoms with E-state index >= 15 is 0 Å². The Balaban J connectivity index is 1.89. The molecule has 3 aromatic rings. The van der Waals surface area contributed by atoms with Crippen molar-refractivity contribution in [3.05, 3.63) is 63.6 Å². The Bertz CT molecular complexity index is 996. The molecule has 1 aromatic heterocycles. The standard InChI is InChI=1S/C18H12Cl2F3N3/c19-13-5-2-6-14(15(13)20)26-17-12(7-8-24-17)16(25-26)10-3-1-4-11(9-10)18(21,22)23/h1-6,9,24H,7-8H2. The van der Waals surface area contributed by atoms with Crippen molar-refractivity contribution in [2.45, 2.75) is 12.6 Å². The van der Waals surface area contributed by atoms with Crippen LogP contribution in [0.2, 0.25) is 10.0 Å². The second kappa shape index (κ2) is 6.21. The number of aromatic nitrogens is 2. The lowest BCUT2D eigenvalue weighted by Gasteiger charge is -2.09. The molecule has 0 saturated heterocycles. The Morgan fingerprint density at radius 1 is 1.08 bits per heavy atom. The third kappa shape index (κ3) is 2.83. The number of nitrogens with zero attached hydrogens (tertiary/aromatic N) is 2. The summed E-state index contributed by atoms with van der Waals surface area (Å²) in [4.78, 5) is 0. The molecule has 1 aliphatic heterocycles. The summed E-state index contributed by atoms with van der Waals surface area (Å²) >= 11 is 12.4. The van der Waals surface area contributed by atoms with Crippen molar-refractivity contribution in [3.8, 4) is 16.9 Å².